The monoisotopic (exact) mass is 221 g/mol. The topological polar surface area (TPSA) is 28.2 Å². The van der Waals surface area contributed by atoms with Gasteiger partial charge in [0, 0.05) is 37.9 Å². The molecule has 2 unspecified atom stereocenters. The van der Waals surface area contributed by atoms with E-state index in [-0.39, 0.29) is 5.82 Å². The van der Waals surface area contributed by atoms with Gasteiger partial charge in [-0.15, -0.1) is 0 Å². The fourth-order valence-corrected chi connectivity index (χ4v) is 2.88. The Morgan fingerprint density at radius 2 is 2.06 bits per heavy atom. The first-order valence-corrected chi connectivity index (χ1v) is 5.89. The quantitative estimate of drug-likeness (QED) is 0.812. The normalized spacial score (nSPS) is 29.6. The van der Waals surface area contributed by atoms with Crippen molar-refractivity contribution in [1.82, 2.24) is 15.2 Å². The van der Waals surface area contributed by atoms with E-state index in [1.165, 1.54) is 19.0 Å². The van der Waals surface area contributed by atoms with E-state index in [4.69, 9.17) is 0 Å². The van der Waals surface area contributed by atoms with Crippen molar-refractivity contribution in [2.45, 2.75) is 31.5 Å². The predicted octanol–water partition coefficient (Wildman–Crippen LogP) is 1.16. The summed E-state index contributed by atoms with van der Waals surface area (Å²) >= 11 is 0. The number of piperazine rings is 1. The molecule has 0 aromatic carbocycles. The molecule has 2 saturated heterocycles. The summed E-state index contributed by atoms with van der Waals surface area (Å²) < 4.78 is 13.0. The summed E-state index contributed by atoms with van der Waals surface area (Å²) in [5.41, 5.74) is 0.985. The Balaban J connectivity index is 1.75. The molecule has 4 heteroatoms. The van der Waals surface area contributed by atoms with Gasteiger partial charge >= 0.3 is 0 Å². The van der Waals surface area contributed by atoms with Crippen molar-refractivity contribution in [2.75, 3.05) is 13.1 Å². The van der Waals surface area contributed by atoms with Crippen molar-refractivity contribution in [2.24, 2.45) is 0 Å². The van der Waals surface area contributed by atoms with Crippen molar-refractivity contribution in [1.29, 1.82) is 0 Å². The lowest BCUT2D eigenvalue weighted by Gasteiger charge is -2.35. The first kappa shape index (κ1) is 10.2. The van der Waals surface area contributed by atoms with Crippen LogP contribution in [0.2, 0.25) is 0 Å². The van der Waals surface area contributed by atoms with Crippen molar-refractivity contribution in [3.63, 3.8) is 0 Å². The lowest BCUT2D eigenvalue weighted by atomic mass is 10.2. The Kier molecular flexibility index (Phi) is 2.61. The summed E-state index contributed by atoms with van der Waals surface area (Å²) in [6, 6.07) is 2.85. The molecule has 86 valence electrons. The van der Waals surface area contributed by atoms with Crippen LogP contribution in [-0.4, -0.2) is 35.1 Å². The van der Waals surface area contributed by atoms with Crippen LogP contribution < -0.4 is 5.32 Å². The van der Waals surface area contributed by atoms with Gasteiger partial charge in [-0.2, -0.15) is 0 Å². The Bertz CT molecular complexity index is 366. The molecule has 2 fully saturated rings. The number of nitrogens with one attached hydrogen (secondary N) is 1. The molecule has 3 heterocycles. The maximum Gasteiger partial charge on any atom is 0.141 e. The second-order valence-electron chi connectivity index (χ2n) is 4.73. The second-order valence-corrected chi connectivity index (χ2v) is 4.73. The molecular formula is C12H16FN3. The molecule has 3 nitrogen and oxygen atoms in total. The largest absolute Gasteiger partial charge is 0.314 e. The molecule has 0 saturated carbocycles. The van der Waals surface area contributed by atoms with Gasteiger partial charge in [-0.25, -0.2) is 4.39 Å². The molecule has 3 rings (SSSR count). The Morgan fingerprint density at radius 1 is 1.31 bits per heavy atom. The van der Waals surface area contributed by atoms with Crippen LogP contribution in [0.3, 0.4) is 0 Å². The highest BCUT2D eigenvalue weighted by Gasteiger charge is 2.36. The van der Waals surface area contributed by atoms with Gasteiger partial charge in [-0.1, -0.05) is 0 Å². The van der Waals surface area contributed by atoms with Crippen molar-refractivity contribution >= 4 is 0 Å². The standard InChI is InChI=1S/C12H16FN3/c13-10-3-9(4-14-5-10)8-16-11-1-2-12(16)7-15-6-11/h3-5,11-12,15H,1-2,6-8H2. The molecule has 16 heavy (non-hydrogen) atoms. The molecule has 1 aromatic heterocycles. The van der Waals surface area contributed by atoms with E-state index in [9.17, 15) is 4.39 Å². The van der Waals surface area contributed by atoms with Crippen molar-refractivity contribution < 1.29 is 4.39 Å². The van der Waals surface area contributed by atoms with E-state index < -0.39 is 0 Å². The third-order valence-corrected chi connectivity index (χ3v) is 3.66. The summed E-state index contributed by atoms with van der Waals surface area (Å²) in [4.78, 5) is 6.40. The van der Waals surface area contributed by atoms with Gasteiger partial charge < -0.3 is 5.32 Å². The fraction of sp³-hybridized carbons (Fsp3) is 0.583. The highest BCUT2D eigenvalue weighted by molar-refractivity contribution is 5.11. The molecule has 0 spiro atoms. The molecule has 2 aliphatic heterocycles. The van der Waals surface area contributed by atoms with E-state index in [0.29, 0.717) is 12.1 Å². The van der Waals surface area contributed by atoms with Crippen LogP contribution >= 0.6 is 0 Å². The number of aromatic nitrogens is 1. The highest BCUT2D eigenvalue weighted by Crippen LogP contribution is 2.28. The van der Waals surface area contributed by atoms with Gasteiger partial charge in [0.25, 0.3) is 0 Å². The summed E-state index contributed by atoms with van der Waals surface area (Å²) in [7, 11) is 0. The third-order valence-electron chi connectivity index (χ3n) is 3.66. The highest BCUT2D eigenvalue weighted by atomic mass is 19.1. The third kappa shape index (κ3) is 1.83. The van der Waals surface area contributed by atoms with Gasteiger partial charge in [0.05, 0.1) is 6.20 Å². The molecular weight excluding hydrogens is 205 g/mol. The Morgan fingerprint density at radius 3 is 2.75 bits per heavy atom. The lowest BCUT2D eigenvalue weighted by molar-refractivity contribution is 0.145. The van der Waals surface area contributed by atoms with E-state index >= 15 is 0 Å². The number of hydrogen-bond donors (Lipinski definition) is 1. The SMILES string of the molecule is Fc1cncc(CN2C3CCC2CNC3)c1. The first-order valence-electron chi connectivity index (χ1n) is 5.89. The van der Waals surface area contributed by atoms with Crippen LogP contribution in [0.1, 0.15) is 18.4 Å². The number of fused-ring (bicyclic) bond motifs is 2. The van der Waals surface area contributed by atoms with E-state index in [1.807, 2.05) is 0 Å². The average Bonchev–Trinajstić information content (AvgIpc) is 2.51. The molecule has 2 atom stereocenters. The minimum absolute atomic E-state index is 0.236. The Hall–Kier alpha value is -1.00. The molecule has 0 radical (unpaired) electrons. The maximum atomic E-state index is 13.0. The summed E-state index contributed by atoms with van der Waals surface area (Å²) in [5, 5.41) is 3.44. The van der Waals surface area contributed by atoms with E-state index in [1.54, 1.807) is 12.3 Å². The average molecular weight is 221 g/mol. The second kappa shape index (κ2) is 4.11. The zero-order valence-corrected chi connectivity index (χ0v) is 9.19. The number of hydrogen-bond acceptors (Lipinski definition) is 3. The molecule has 1 aromatic rings. The summed E-state index contributed by atoms with van der Waals surface area (Å²) in [6.07, 6.45) is 5.56. The van der Waals surface area contributed by atoms with Crippen LogP contribution in [0.15, 0.2) is 18.5 Å². The minimum Gasteiger partial charge on any atom is -0.314 e. The first-order chi connectivity index (χ1) is 7.83. The predicted molar refractivity (Wildman–Crippen MR) is 59.4 cm³/mol. The van der Waals surface area contributed by atoms with Crippen LogP contribution in [0.5, 0.6) is 0 Å². The number of rotatable bonds is 2. The molecule has 0 aliphatic carbocycles. The minimum atomic E-state index is -0.236. The van der Waals surface area contributed by atoms with Gasteiger partial charge in [0.1, 0.15) is 5.82 Å². The van der Waals surface area contributed by atoms with Gasteiger partial charge in [0.2, 0.25) is 0 Å². The van der Waals surface area contributed by atoms with E-state index in [2.05, 4.69) is 15.2 Å². The molecule has 2 aliphatic rings. The summed E-state index contributed by atoms with van der Waals surface area (Å²) in [6.45, 7) is 2.97. The van der Waals surface area contributed by atoms with Crippen LogP contribution in [0.25, 0.3) is 0 Å². The fourth-order valence-electron chi connectivity index (χ4n) is 2.88. The van der Waals surface area contributed by atoms with Gasteiger partial charge in [0.15, 0.2) is 0 Å². The van der Waals surface area contributed by atoms with Gasteiger partial charge in [-0.3, -0.25) is 9.88 Å². The van der Waals surface area contributed by atoms with Crippen LogP contribution in [0, 0.1) is 5.82 Å². The zero-order valence-electron chi connectivity index (χ0n) is 9.19. The van der Waals surface area contributed by atoms with Crippen LogP contribution in [0.4, 0.5) is 4.39 Å². The van der Waals surface area contributed by atoms with E-state index in [0.717, 1.165) is 25.2 Å². The Labute approximate surface area is 94.7 Å². The number of pyridine rings is 1. The smallest absolute Gasteiger partial charge is 0.141 e. The van der Waals surface area contributed by atoms with Crippen LogP contribution in [-0.2, 0) is 6.54 Å². The van der Waals surface area contributed by atoms with Crippen molar-refractivity contribution in [3.8, 4) is 0 Å². The summed E-state index contributed by atoms with van der Waals surface area (Å²) in [5.74, 6) is -0.236. The molecule has 2 bridgehead atoms. The number of nitrogens with zero attached hydrogens (tertiary/aromatic N) is 2. The van der Waals surface area contributed by atoms with Crippen molar-refractivity contribution in [3.05, 3.63) is 29.8 Å². The maximum absolute atomic E-state index is 13.0. The lowest BCUT2D eigenvalue weighted by Crippen LogP contribution is -2.51. The zero-order chi connectivity index (χ0) is 11.0. The molecule has 0 amide bonds. The van der Waals surface area contributed by atoms with Gasteiger partial charge in [-0.05, 0) is 24.5 Å². The number of halogens is 1. The molecule has 1 N–H and O–H groups in total.